The van der Waals surface area contributed by atoms with Crippen LogP contribution in [0.2, 0.25) is 0 Å². The first kappa shape index (κ1) is 29.4. The van der Waals surface area contributed by atoms with Crippen molar-refractivity contribution in [1.29, 1.82) is 0 Å². The normalized spacial score (nSPS) is 17.5. The van der Waals surface area contributed by atoms with E-state index < -0.39 is 27.7 Å². The molecule has 214 valence electrons. The largest absolute Gasteiger partial charge is 0.479 e. The fourth-order valence-electron chi connectivity index (χ4n) is 6.31. The van der Waals surface area contributed by atoms with Crippen LogP contribution < -0.4 is 9.21 Å². The highest BCUT2D eigenvalue weighted by Crippen LogP contribution is 2.52. The van der Waals surface area contributed by atoms with Crippen molar-refractivity contribution in [2.75, 3.05) is 28.6 Å². The predicted octanol–water partition coefficient (Wildman–Crippen LogP) is 6.66. The average Bonchev–Trinajstić information content (AvgIpc) is 2.97. The third-order valence-corrected chi connectivity index (χ3v) is 9.05. The van der Waals surface area contributed by atoms with Gasteiger partial charge in [0.1, 0.15) is 0 Å². The van der Waals surface area contributed by atoms with Gasteiger partial charge >= 0.3 is 5.97 Å². The second-order valence-electron chi connectivity index (χ2n) is 12.2. The Balaban J connectivity index is 2.13. The number of ether oxygens (including phenoxy) is 1. The SMILES string of the molecule is Cc1cccc2c1-c1c(C)c(N3CCCCCCCC3)c(C(OC(C)(C)C)C(=O)O)c(C)c1N(S(C)(=O)=O)C2. The zero-order valence-corrected chi connectivity index (χ0v) is 25.4. The molecule has 1 N–H and O–H groups in total. The molecule has 39 heavy (non-hydrogen) atoms. The molecule has 0 saturated carbocycles. The quantitative estimate of drug-likeness (QED) is 0.443. The topological polar surface area (TPSA) is 87.2 Å². The lowest BCUT2D eigenvalue weighted by molar-refractivity contribution is -0.160. The van der Waals surface area contributed by atoms with Crippen LogP contribution in [0, 0.1) is 20.8 Å². The first-order valence-electron chi connectivity index (χ1n) is 14.1. The second-order valence-corrected chi connectivity index (χ2v) is 14.1. The Kier molecular flexibility index (Phi) is 8.39. The van der Waals surface area contributed by atoms with Gasteiger partial charge < -0.3 is 14.7 Å². The summed E-state index contributed by atoms with van der Waals surface area (Å²) in [4.78, 5) is 15.2. The van der Waals surface area contributed by atoms with E-state index in [1.807, 2.05) is 46.8 Å². The molecule has 2 aliphatic rings. The van der Waals surface area contributed by atoms with E-state index in [4.69, 9.17) is 4.74 Å². The summed E-state index contributed by atoms with van der Waals surface area (Å²) in [6.07, 6.45) is 6.74. The number of benzene rings is 2. The molecule has 2 aliphatic heterocycles. The van der Waals surface area contributed by atoms with Crippen LogP contribution >= 0.6 is 0 Å². The number of carboxylic acids is 1. The van der Waals surface area contributed by atoms with Crippen molar-refractivity contribution in [3.8, 4) is 11.1 Å². The number of anilines is 2. The first-order valence-corrected chi connectivity index (χ1v) is 16.0. The molecule has 1 saturated heterocycles. The van der Waals surface area contributed by atoms with Crippen molar-refractivity contribution in [2.45, 2.75) is 98.3 Å². The van der Waals surface area contributed by atoms with Crippen LogP contribution in [-0.2, 0) is 26.1 Å². The molecule has 0 aliphatic carbocycles. The molecule has 0 amide bonds. The minimum Gasteiger partial charge on any atom is -0.479 e. The Morgan fingerprint density at radius 1 is 0.923 bits per heavy atom. The summed E-state index contributed by atoms with van der Waals surface area (Å²) in [5.74, 6) is -1.07. The van der Waals surface area contributed by atoms with Crippen LogP contribution in [0.4, 0.5) is 11.4 Å². The van der Waals surface area contributed by atoms with Crippen molar-refractivity contribution in [2.24, 2.45) is 0 Å². The Labute approximate surface area is 234 Å². The number of rotatable bonds is 5. The summed E-state index contributed by atoms with van der Waals surface area (Å²) in [7, 11) is -3.65. The van der Waals surface area contributed by atoms with E-state index in [0.29, 0.717) is 16.8 Å². The van der Waals surface area contributed by atoms with Gasteiger partial charge in [-0.05, 0) is 82.2 Å². The Morgan fingerprint density at radius 2 is 1.51 bits per heavy atom. The summed E-state index contributed by atoms with van der Waals surface area (Å²) >= 11 is 0. The molecule has 0 radical (unpaired) electrons. The van der Waals surface area contributed by atoms with E-state index >= 15 is 0 Å². The lowest BCUT2D eigenvalue weighted by Crippen LogP contribution is -2.36. The highest BCUT2D eigenvalue weighted by atomic mass is 32.2. The first-order chi connectivity index (χ1) is 18.2. The summed E-state index contributed by atoms with van der Waals surface area (Å²) in [6.45, 7) is 13.4. The molecule has 2 heterocycles. The number of carboxylic acid groups (broad SMARTS) is 1. The van der Waals surface area contributed by atoms with Gasteiger partial charge in [0, 0.05) is 29.9 Å². The fraction of sp³-hybridized carbons (Fsp3) is 0.581. The standard InChI is InChI=1S/C31H44N2O5S/c1-20-15-14-16-23-19-33(39(7,36)37)28-22(3)26(29(30(34)35)38-31(4,5)6)27(21(2)25(28)24(20)23)32-17-12-10-8-9-11-13-18-32/h14-16,29H,8-13,17-19H2,1-7H3,(H,34,35). The highest BCUT2D eigenvalue weighted by molar-refractivity contribution is 7.92. The Bertz CT molecular complexity index is 1350. The third-order valence-electron chi connectivity index (χ3n) is 7.93. The number of aliphatic carboxylic acids is 1. The molecule has 1 atom stereocenters. The van der Waals surface area contributed by atoms with Crippen LogP contribution in [0.3, 0.4) is 0 Å². The predicted molar refractivity (Wildman–Crippen MR) is 158 cm³/mol. The second kappa shape index (κ2) is 11.1. The van der Waals surface area contributed by atoms with Crippen molar-refractivity contribution >= 4 is 27.4 Å². The maximum atomic E-state index is 13.2. The molecule has 7 nitrogen and oxygen atoms in total. The summed E-state index contributed by atoms with van der Waals surface area (Å²) < 4.78 is 34.2. The molecule has 1 fully saturated rings. The monoisotopic (exact) mass is 556 g/mol. The summed E-state index contributed by atoms with van der Waals surface area (Å²) in [6, 6.07) is 6.02. The zero-order valence-electron chi connectivity index (χ0n) is 24.6. The number of aryl methyl sites for hydroxylation is 1. The molecular weight excluding hydrogens is 512 g/mol. The van der Waals surface area contributed by atoms with Gasteiger partial charge in [-0.1, -0.05) is 43.9 Å². The van der Waals surface area contributed by atoms with E-state index in [2.05, 4.69) is 17.9 Å². The van der Waals surface area contributed by atoms with Crippen molar-refractivity contribution in [3.63, 3.8) is 0 Å². The van der Waals surface area contributed by atoms with Crippen LogP contribution in [0.25, 0.3) is 11.1 Å². The fourth-order valence-corrected chi connectivity index (χ4v) is 7.24. The minimum atomic E-state index is -3.65. The molecule has 2 aromatic carbocycles. The number of fused-ring (bicyclic) bond motifs is 3. The maximum Gasteiger partial charge on any atom is 0.337 e. The molecule has 2 aromatic rings. The third kappa shape index (κ3) is 5.97. The molecule has 0 spiro atoms. The number of hydrogen-bond acceptors (Lipinski definition) is 5. The van der Waals surface area contributed by atoms with Gasteiger partial charge in [-0.15, -0.1) is 0 Å². The Morgan fingerprint density at radius 3 is 2.05 bits per heavy atom. The van der Waals surface area contributed by atoms with Crippen molar-refractivity contribution in [1.82, 2.24) is 0 Å². The number of nitrogens with zero attached hydrogens (tertiary/aromatic N) is 2. The summed E-state index contributed by atoms with van der Waals surface area (Å²) in [5.41, 5.74) is 6.84. The average molecular weight is 557 g/mol. The van der Waals surface area contributed by atoms with Crippen molar-refractivity contribution < 1.29 is 23.1 Å². The number of sulfonamides is 1. The highest BCUT2D eigenvalue weighted by Gasteiger charge is 2.39. The number of hydrogen-bond donors (Lipinski definition) is 1. The van der Waals surface area contributed by atoms with Crippen molar-refractivity contribution in [3.05, 3.63) is 46.0 Å². The molecule has 4 rings (SSSR count). The summed E-state index contributed by atoms with van der Waals surface area (Å²) in [5, 5.41) is 10.5. The lowest BCUT2D eigenvalue weighted by Gasteiger charge is -2.40. The van der Waals surface area contributed by atoms with Gasteiger partial charge in [0.15, 0.2) is 6.10 Å². The Hall–Kier alpha value is -2.58. The van der Waals surface area contributed by atoms with E-state index in [-0.39, 0.29) is 6.54 Å². The van der Waals surface area contributed by atoms with Crippen LogP contribution in [0.5, 0.6) is 0 Å². The van der Waals surface area contributed by atoms with Gasteiger partial charge in [-0.3, -0.25) is 4.31 Å². The van der Waals surface area contributed by atoms with E-state index in [0.717, 1.165) is 72.3 Å². The minimum absolute atomic E-state index is 0.212. The van der Waals surface area contributed by atoms with Gasteiger partial charge in [0.2, 0.25) is 10.0 Å². The van der Waals surface area contributed by atoms with E-state index in [1.54, 1.807) is 0 Å². The lowest BCUT2D eigenvalue weighted by atomic mass is 9.82. The van der Waals surface area contributed by atoms with Gasteiger partial charge in [-0.2, -0.15) is 0 Å². The van der Waals surface area contributed by atoms with Crippen LogP contribution in [0.1, 0.15) is 93.2 Å². The van der Waals surface area contributed by atoms with E-state index in [9.17, 15) is 18.3 Å². The van der Waals surface area contributed by atoms with Gasteiger partial charge in [0.05, 0.1) is 24.1 Å². The van der Waals surface area contributed by atoms with Gasteiger partial charge in [0.25, 0.3) is 0 Å². The van der Waals surface area contributed by atoms with Gasteiger partial charge in [-0.25, -0.2) is 13.2 Å². The molecule has 1 unspecified atom stereocenters. The molecular formula is C31H44N2O5S. The molecule has 0 bridgehead atoms. The van der Waals surface area contributed by atoms with Crippen LogP contribution in [0.15, 0.2) is 18.2 Å². The van der Waals surface area contributed by atoms with Crippen LogP contribution in [-0.4, -0.2) is 44.4 Å². The molecule has 8 heteroatoms. The van der Waals surface area contributed by atoms with E-state index in [1.165, 1.54) is 23.4 Å². The maximum absolute atomic E-state index is 13.2. The smallest absolute Gasteiger partial charge is 0.337 e. The zero-order chi connectivity index (χ0) is 28.7. The molecule has 0 aromatic heterocycles. The number of carbonyl (C=O) groups is 1.